The third-order valence-corrected chi connectivity index (χ3v) is 5.64. The average Bonchev–Trinajstić information content (AvgIpc) is 3.06. The van der Waals surface area contributed by atoms with Crippen molar-refractivity contribution in [1.29, 1.82) is 0 Å². The van der Waals surface area contributed by atoms with E-state index in [9.17, 15) is 9.90 Å². The summed E-state index contributed by atoms with van der Waals surface area (Å²) in [5.41, 5.74) is 1.88. The van der Waals surface area contributed by atoms with E-state index in [0.29, 0.717) is 12.8 Å². The highest BCUT2D eigenvalue weighted by molar-refractivity contribution is 5.88. The Morgan fingerprint density at radius 1 is 1.20 bits per heavy atom. The van der Waals surface area contributed by atoms with E-state index in [-0.39, 0.29) is 19.1 Å². The van der Waals surface area contributed by atoms with Gasteiger partial charge in [0.05, 0.1) is 12.7 Å². The third kappa shape index (κ3) is 3.72. The molecule has 6 heteroatoms. The Hall–Kier alpha value is -1.47. The van der Waals surface area contributed by atoms with Crippen molar-refractivity contribution >= 4 is 5.91 Å². The zero-order valence-corrected chi connectivity index (χ0v) is 14.9. The Labute approximate surface area is 149 Å². The first-order chi connectivity index (χ1) is 12.1. The van der Waals surface area contributed by atoms with E-state index in [1.807, 2.05) is 12.1 Å². The summed E-state index contributed by atoms with van der Waals surface area (Å²) in [6, 6.07) is 8.26. The van der Waals surface area contributed by atoms with Gasteiger partial charge in [-0.25, -0.2) is 0 Å². The number of piperazine rings is 1. The van der Waals surface area contributed by atoms with Gasteiger partial charge in [-0.3, -0.25) is 9.69 Å². The first kappa shape index (κ1) is 18.3. The molecule has 1 heterocycles. The second-order valence-electron chi connectivity index (χ2n) is 7.12. The third-order valence-electron chi connectivity index (χ3n) is 5.64. The molecule has 1 amide bonds. The van der Waals surface area contributed by atoms with Gasteiger partial charge in [0.25, 0.3) is 0 Å². The maximum Gasteiger partial charge on any atom is 0.241 e. The fourth-order valence-corrected chi connectivity index (χ4v) is 4.05. The molecule has 0 radical (unpaired) electrons. The summed E-state index contributed by atoms with van der Waals surface area (Å²) >= 11 is 0. The molecule has 1 aliphatic heterocycles. The van der Waals surface area contributed by atoms with Gasteiger partial charge in [-0.1, -0.05) is 31.2 Å². The van der Waals surface area contributed by atoms with Crippen LogP contribution in [0, 0.1) is 0 Å². The number of likely N-dealkylation sites (N-methyl/N-ethyl adjacent to an activating group) is 1. The van der Waals surface area contributed by atoms with Crippen LogP contribution in [0.5, 0.6) is 0 Å². The predicted octanol–water partition coefficient (Wildman–Crippen LogP) is -0.369. The zero-order chi connectivity index (χ0) is 17.9. The molecule has 2 aliphatic rings. The van der Waals surface area contributed by atoms with E-state index in [1.165, 1.54) is 11.1 Å². The molecule has 6 nitrogen and oxygen atoms in total. The van der Waals surface area contributed by atoms with Crippen LogP contribution in [-0.4, -0.2) is 83.4 Å². The van der Waals surface area contributed by atoms with Gasteiger partial charge in [-0.05, 0) is 17.7 Å². The van der Waals surface area contributed by atoms with E-state index in [2.05, 4.69) is 34.2 Å². The molecule has 0 bridgehead atoms. The number of aliphatic hydroxyl groups excluding tert-OH is 2. The van der Waals surface area contributed by atoms with Crippen molar-refractivity contribution < 1.29 is 15.0 Å². The van der Waals surface area contributed by atoms with Gasteiger partial charge in [-0.15, -0.1) is 0 Å². The monoisotopic (exact) mass is 347 g/mol. The number of hydrogen-bond donors (Lipinski definition) is 3. The molecule has 0 saturated carbocycles. The molecule has 138 valence electrons. The van der Waals surface area contributed by atoms with Crippen LogP contribution < -0.4 is 5.32 Å². The van der Waals surface area contributed by atoms with Gasteiger partial charge in [0.15, 0.2) is 0 Å². The number of benzene rings is 1. The molecule has 1 atom stereocenters. The number of aliphatic hydroxyl groups is 2. The SMILES string of the molecule is CCN1CCN(C2(C(=O)NCC(O)CO)Cc3ccccc3C2)CC1. The number of fused-ring (bicyclic) bond motifs is 1. The Kier molecular flexibility index (Phi) is 5.74. The minimum absolute atomic E-state index is 0.0406. The average molecular weight is 347 g/mol. The highest BCUT2D eigenvalue weighted by Gasteiger charge is 2.48. The minimum Gasteiger partial charge on any atom is -0.394 e. The van der Waals surface area contributed by atoms with Gasteiger partial charge in [-0.2, -0.15) is 0 Å². The molecule has 25 heavy (non-hydrogen) atoms. The Morgan fingerprint density at radius 3 is 2.32 bits per heavy atom. The van der Waals surface area contributed by atoms with Crippen molar-refractivity contribution in [3.05, 3.63) is 35.4 Å². The highest BCUT2D eigenvalue weighted by Crippen LogP contribution is 2.35. The topological polar surface area (TPSA) is 76.0 Å². The lowest BCUT2D eigenvalue weighted by Gasteiger charge is -2.44. The maximum atomic E-state index is 13.1. The molecule has 1 aromatic carbocycles. The molecule has 0 aromatic heterocycles. The quantitative estimate of drug-likeness (QED) is 0.655. The molecule has 3 N–H and O–H groups in total. The Balaban J connectivity index is 1.79. The van der Waals surface area contributed by atoms with Gasteiger partial charge in [0.2, 0.25) is 5.91 Å². The first-order valence-corrected chi connectivity index (χ1v) is 9.20. The number of carbonyl (C=O) groups is 1. The van der Waals surface area contributed by atoms with Crippen molar-refractivity contribution in [2.45, 2.75) is 31.4 Å². The number of carbonyl (C=O) groups excluding carboxylic acids is 1. The smallest absolute Gasteiger partial charge is 0.241 e. The Morgan fingerprint density at radius 2 is 1.80 bits per heavy atom. The molecule has 0 spiro atoms. The summed E-state index contributed by atoms with van der Waals surface area (Å²) < 4.78 is 0. The standard InChI is InChI=1S/C19H29N3O3/c1-2-21-7-9-22(10-8-21)19(18(25)20-13-17(24)14-23)11-15-5-3-4-6-16(15)12-19/h3-6,17,23-24H,2,7-14H2,1H3,(H,20,25). The molecule has 1 aromatic rings. The van der Waals surface area contributed by atoms with Crippen LogP contribution in [0.3, 0.4) is 0 Å². The summed E-state index contributed by atoms with van der Waals surface area (Å²) in [7, 11) is 0. The maximum absolute atomic E-state index is 13.1. The van der Waals surface area contributed by atoms with Crippen LogP contribution in [0.2, 0.25) is 0 Å². The second-order valence-corrected chi connectivity index (χ2v) is 7.12. The fraction of sp³-hybridized carbons (Fsp3) is 0.632. The molecule has 1 unspecified atom stereocenters. The number of hydrogen-bond acceptors (Lipinski definition) is 5. The van der Waals surface area contributed by atoms with E-state index in [0.717, 1.165) is 32.7 Å². The van der Waals surface area contributed by atoms with Gasteiger partial charge in [0.1, 0.15) is 5.54 Å². The zero-order valence-electron chi connectivity index (χ0n) is 14.9. The van der Waals surface area contributed by atoms with E-state index >= 15 is 0 Å². The number of amides is 1. The van der Waals surface area contributed by atoms with Crippen LogP contribution in [0.25, 0.3) is 0 Å². The molecular weight excluding hydrogens is 318 g/mol. The lowest BCUT2D eigenvalue weighted by Crippen LogP contribution is -2.64. The van der Waals surface area contributed by atoms with E-state index < -0.39 is 11.6 Å². The summed E-state index contributed by atoms with van der Waals surface area (Å²) in [6.45, 7) is 6.64. The second kappa shape index (κ2) is 7.83. The Bertz CT molecular complexity index is 574. The normalized spacial score (nSPS) is 21.7. The summed E-state index contributed by atoms with van der Waals surface area (Å²) in [5, 5.41) is 21.5. The van der Waals surface area contributed by atoms with Crippen LogP contribution in [0.15, 0.2) is 24.3 Å². The van der Waals surface area contributed by atoms with Crippen LogP contribution in [0.1, 0.15) is 18.1 Å². The van der Waals surface area contributed by atoms with Crippen molar-refractivity contribution in [1.82, 2.24) is 15.1 Å². The first-order valence-electron chi connectivity index (χ1n) is 9.20. The van der Waals surface area contributed by atoms with Crippen molar-refractivity contribution in [3.63, 3.8) is 0 Å². The minimum atomic E-state index is -0.915. The van der Waals surface area contributed by atoms with E-state index in [1.54, 1.807) is 0 Å². The number of nitrogens with one attached hydrogen (secondary N) is 1. The van der Waals surface area contributed by atoms with Gasteiger partial charge < -0.3 is 20.4 Å². The van der Waals surface area contributed by atoms with Crippen LogP contribution in [-0.2, 0) is 17.6 Å². The van der Waals surface area contributed by atoms with Crippen molar-refractivity contribution in [3.8, 4) is 0 Å². The molecule has 3 rings (SSSR count). The van der Waals surface area contributed by atoms with Gasteiger partial charge in [0, 0.05) is 45.6 Å². The lowest BCUT2D eigenvalue weighted by atomic mass is 9.90. The van der Waals surface area contributed by atoms with Crippen molar-refractivity contribution in [2.24, 2.45) is 0 Å². The summed E-state index contributed by atoms with van der Waals surface area (Å²) in [6.07, 6.45) is 0.494. The summed E-state index contributed by atoms with van der Waals surface area (Å²) in [4.78, 5) is 17.9. The highest BCUT2D eigenvalue weighted by atomic mass is 16.3. The predicted molar refractivity (Wildman–Crippen MR) is 96.4 cm³/mol. The van der Waals surface area contributed by atoms with E-state index in [4.69, 9.17) is 5.11 Å². The number of nitrogens with zero attached hydrogens (tertiary/aromatic N) is 2. The molecule has 1 aliphatic carbocycles. The molecule has 1 fully saturated rings. The lowest BCUT2D eigenvalue weighted by molar-refractivity contribution is -0.135. The molecule has 1 saturated heterocycles. The van der Waals surface area contributed by atoms with Gasteiger partial charge >= 0.3 is 0 Å². The van der Waals surface area contributed by atoms with Crippen LogP contribution >= 0.6 is 0 Å². The number of rotatable bonds is 6. The largest absolute Gasteiger partial charge is 0.394 e. The van der Waals surface area contributed by atoms with Crippen molar-refractivity contribution in [2.75, 3.05) is 45.9 Å². The van der Waals surface area contributed by atoms with Crippen LogP contribution in [0.4, 0.5) is 0 Å². The summed E-state index contributed by atoms with van der Waals surface area (Å²) in [5.74, 6) is -0.0406. The molecular formula is C19H29N3O3. The fourth-order valence-electron chi connectivity index (χ4n) is 4.05.